The molecule has 152 valence electrons. The van der Waals surface area contributed by atoms with Crippen molar-refractivity contribution in [3.63, 3.8) is 0 Å². The first-order chi connectivity index (χ1) is 13.5. The van der Waals surface area contributed by atoms with Crippen LogP contribution < -0.4 is 15.4 Å². The minimum absolute atomic E-state index is 0.0414. The molecule has 1 heterocycles. The molecule has 8 heteroatoms. The van der Waals surface area contributed by atoms with Gasteiger partial charge in [0.05, 0.1) is 36.9 Å². The first kappa shape index (κ1) is 21.3. The Hall–Kier alpha value is -3.03. The number of urea groups is 1. The van der Waals surface area contributed by atoms with Gasteiger partial charge in [0.25, 0.3) is 0 Å². The number of hydrogen-bond acceptors (Lipinski definition) is 6. The zero-order chi connectivity index (χ0) is 20.5. The van der Waals surface area contributed by atoms with E-state index in [2.05, 4.69) is 10.6 Å². The van der Waals surface area contributed by atoms with Gasteiger partial charge in [-0.25, -0.2) is 9.59 Å². The number of benzene rings is 1. The van der Waals surface area contributed by atoms with Crippen LogP contribution in [0.1, 0.15) is 32.3 Å². The van der Waals surface area contributed by atoms with Crippen molar-refractivity contribution in [3.05, 3.63) is 41.1 Å². The van der Waals surface area contributed by atoms with Crippen molar-refractivity contribution in [2.24, 2.45) is 0 Å². The Morgan fingerprint density at radius 2 is 1.89 bits per heavy atom. The fourth-order valence-corrected chi connectivity index (χ4v) is 2.76. The smallest absolute Gasteiger partial charge is 0.338 e. The first-order valence-electron chi connectivity index (χ1n) is 9.28. The van der Waals surface area contributed by atoms with Gasteiger partial charge in [0, 0.05) is 0 Å². The van der Waals surface area contributed by atoms with Crippen LogP contribution in [0.25, 0.3) is 0 Å². The largest absolute Gasteiger partial charge is 0.493 e. The molecule has 1 aliphatic rings. The SMILES string of the molecule is CCOC(=O)C1=C(COC(=O)CCOc2ccccc2C)NC(=O)N[C@H]1CC. The molecule has 28 heavy (non-hydrogen) atoms. The van der Waals surface area contributed by atoms with E-state index in [9.17, 15) is 14.4 Å². The van der Waals surface area contributed by atoms with Crippen LogP contribution in [0.4, 0.5) is 4.79 Å². The van der Waals surface area contributed by atoms with E-state index in [-0.39, 0.29) is 37.5 Å². The maximum absolute atomic E-state index is 12.3. The highest BCUT2D eigenvalue weighted by molar-refractivity contribution is 5.94. The van der Waals surface area contributed by atoms with Crippen LogP contribution in [-0.2, 0) is 19.1 Å². The number of esters is 2. The van der Waals surface area contributed by atoms with Crippen LogP contribution in [0.15, 0.2) is 35.5 Å². The molecule has 1 atom stereocenters. The Labute approximate surface area is 164 Å². The van der Waals surface area contributed by atoms with E-state index in [1.54, 1.807) is 6.92 Å². The molecule has 2 amide bonds. The van der Waals surface area contributed by atoms with E-state index in [0.717, 1.165) is 5.56 Å². The molecule has 0 unspecified atom stereocenters. The van der Waals surface area contributed by atoms with Crippen LogP contribution in [0, 0.1) is 6.92 Å². The van der Waals surface area contributed by atoms with Gasteiger partial charge in [0.2, 0.25) is 0 Å². The van der Waals surface area contributed by atoms with Crippen molar-refractivity contribution in [1.82, 2.24) is 10.6 Å². The summed E-state index contributed by atoms with van der Waals surface area (Å²) in [5.74, 6) is -0.333. The zero-order valence-electron chi connectivity index (χ0n) is 16.4. The molecule has 1 aromatic carbocycles. The van der Waals surface area contributed by atoms with Crippen LogP contribution >= 0.6 is 0 Å². The number of para-hydroxylation sites is 1. The molecule has 0 saturated heterocycles. The summed E-state index contributed by atoms with van der Waals surface area (Å²) in [7, 11) is 0. The van der Waals surface area contributed by atoms with Gasteiger partial charge in [-0.3, -0.25) is 4.79 Å². The Kier molecular flexibility index (Phi) is 7.86. The highest BCUT2D eigenvalue weighted by Crippen LogP contribution is 2.18. The second-order valence-electron chi connectivity index (χ2n) is 6.20. The average molecular weight is 390 g/mol. The fourth-order valence-electron chi connectivity index (χ4n) is 2.76. The van der Waals surface area contributed by atoms with Gasteiger partial charge in [-0.15, -0.1) is 0 Å². The van der Waals surface area contributed by atoms with Crippen molar-refractivity contribution < 1.29 is 28.6 Å². The zero-order valence-corrected chi connectivity index (χ0v) is 16.4. The second-order valence-corrected chi connectivity index (χ2v) is 6.20. The van der Waals surface area contributed by atoms with E-state index < -0.39 is 24.0 Å². The monoisotopic (exact) mass is 390 g/mol. The molecule has 0 fully saturated rings. The summed E-state index contributed by atoms with van der Waals surface area (Å²) in [6.45, 7) is 5.60. The lowest BCUT2D eigenvalue weighted by molar-refractivity contribution is -0.144. The molecule has 8 nitrogen and oxygen atoms in total. The number of ether oxygens (including phenoxy) is 3. The van der Waals surface area contributed by atoms with Crippen molar-refractivity contribution in [2.75, 3.05) is 19.8 Å². The van der Waals surface area contributed by atoms with E-state index in [1.807, 2.05) is 38.1 Å². The first-order valence-corrected chi connectivity index (χ1v) is 9.28. The number of amides is 2. The summed E-state index contributed by atoms with van der Waals surface area (Å²) in [6, 6.07) is 6.56. The number of hydrogen-bond donors (Lipinski definition) is 2. The molecule has 0 radical (unpaired) electrons. The van der Waals surface area contributed by atoms with Crippen molar-refractivity contribution in [3.8, 4) is 5.75 Å². The predicted octanol–water partition coefficient (Wildman–Crippen LogP) is 2.22. The van der Waals surface area contributed by atoms with Gasteiger partial charge in [-0.05, 0) is 31.9 Å². The normalized spacial score (nSPS) is 16.1. The van der Waals surface area contributed by atoms with E-state index in [0.29, 0.717) is 12.2 Å². The van der Waals surface area contributed by atoms with E-state index in [1.165, 1.54) is 0 Å². The Bertz CT molecular complexity index is 759. The van der Waals surface area contributed by atoms with Crippen LogP contribution in [0.5, 0.6) is 5.75 Å². The van der Waals surface area contributed by atoms with Crippen molar-refractivity contribution in [2.45, 2.75) is 39.7 Å². The summed E-state index contributed by atoms with van der Waals surface area (Å²) in [4.78, 5) is 36.1. The standard InChI is InChI=1S/C20H26N2O6/c1-4-14-18(19(24)26-5-2)15(22-20(25)21-14)12-28-17(23)10-11-27-16-9-7-6-8-13(16)3/h6-9,14H,4-5,10-12H2,1-3H3,(H2,21,22,25)/t14-/m0/s1. The second kappa shape index (κ2) is 10.3. The topological polar surface area (TPSA) is 103 Å². The Morgan fingerprint density at radius 1 is 1.14 bits per heavy atom. The molecule has 0 spiro atoms. The molecule has 2 N–H and O–H groups in total. The lowest BCUT2D eigenvalue weighted by atomic mass is 10.0. The Balaban J connectivity index is 1.95. The number of aryl methyl sites for hydroxylation is 1. The fraction of sp³-hybridized carbons (Fsp3) is 0.450. The predicted molar refractivity (Wildman–Crippen MR) is 102 cm³/mol. The highest BCUT2D eigenvalue weighted by atomic mass is 16.5. The maximum Gasteiger partial charge on any atom is 0.338 e. The Morgan fingerprint density at radius 3 is 2.57 bits per heavy atom. The third-order valence-electron chi connectivity index (χ3n) is 4.18. The van der Waals surface area contributed by atoms with Crippen molar-refractivity contribution in [1.29, 1.82) is 0 Å². The van der Waals surface area contributed by atoms with Gasteiger partial charge in [0.15, 0.2) is 0 Å². The van der Waals surface area contributed by atoms with Crippen LogP contribution in [0.2, 0.25) is 0 Å². The average Bonchev–Trinajstić information content (AvgIpc) is 2.67. The molecule has 0 aliphatic carbocycles. The minimum atomic E-state index is -0.546. The van der Waals surface area contributed by atoms with Crippen LogP contribution in [0.3, 0.4) is 0 Å². The quantitative estimate of drug-likeness (QED) is 0.627. The van der Waals surface area contributed by atoms with Crippen LogP contribution in [-0.4, -0.2) is 43.8 Å². The molecule has 2 rings (SSSR count). The summed E-state index contributed by atoms with van der Waals surface area (Å²) in [6.07, 6.45) is 0.545. The molecule has 1 aliphatic heterocycles. The van der Waals surface area contributed by atoms with Gasteiger partial charge in [0.1, 0.15) is 12.4 Å². The molecule has 0 aromatic heterocycles. The summed E-state index contributed by atoms with van der Waals surface area (Å²) in [5.41, 5.74) is 1.48. The minimum Gasteiger partial charge on any atom is -0.493 e. The molecule has 0 saturated carbocycles. The summed E-state index contributed by atoms with van der Waals surface area (Å²) >= 11 is 0. The van der Waals surface area contributed by atoms with Gasteiger partial charge >= 0.3 is 18.0 Å². The van der Waals surface area contributed by atoms with Gasteiger partial charge in [-0.1, -0.05) is 25.1 Å². The lowest BCUT2D eigenvalue weighted by Crippen LogP contribution is -2.51. The lowest BCUT2D eigenvalue weighted by Gasteiger charge is -2.28. The molecule has 0 bridgehead atoms. The van der Waals surface area contributed by atoms with E-state index in [4.69, 9.17) is 14.2 Å². The third kappa shape index (κ3) is 5.73. The summed E-state index contributed by atoms with van der Waals surface area (Å²) in [5, 5.41) is 5.20. The number of carbonyl (C=O) groups is 3. The van der Waals surface area contributed by atoms with E-state index >= 15 is 0 Å². The molecular weight excluding hydrogens is 364 g/mol. The maximum atomic E-state index is 12.3. The number of nitrogens with one attached hydrogen (secondary N) is 2. The molecule has 1 aromatic rings. The molecular formula is C20H26N2O6. The number of rotatable bonds is 9. The number of carbonyl (C=O) groups excluding carboxylic acids is 3. The van der Waals surface area contributed by atoms with Gasteiger partial charge in [-0.2, -0.15) is 0 Å². The van der Waals surface area contributed by atoms with Gasteiger partial charge < -0.3 is 24.8 Å². The summed E-state index contributed by atoms with van der Waals surface area (Å²) < 4.78 is 15.9. The third-order valence-corrected chi connectivity index (χ3v) is 4.18. The highest BCUT2D eigenvalue weighted by Gasteiger charge is 2.31. The van der Waals surface area contributed by atoms with Crippen molar-refractivity contribution >= 4 is 18.0 Å².